The highest BCUT2D eigenvalue weighted by Crippen LogP contribution is 2.28. The lowest BCUT2D eigenvalue weighted by atomic mass is 9.83. The molecule has 1 amide bonds. The van der Waals surface area contributed by atoms with Crippen molar-refractivity contribution in [2.75, 3.05) is 18.9 Å². The molecule has 0 bridgehead atoms. The van der Waals surface area contributed by atoms with Gasteiger partial charge >= 0.3 is 0 Å². The summed E-state index contributed by atoms with van der Waals surface area (Å²) >= 11 is 0. The fourth-order valence-corrected chi connectivity index (χ4v) is 2.20. The first-order valence-corrected chi connectivity index (χ1v) is 6.63. The summed E-state index contributed by atoms with van der Waals surface area (Å²) in [6, 6.07) is 3.60. The molecule has 4 heteroatoms. The molecule has 0 spiro atoms. The SMILES string of the molecule is CNc1cc(C(=O)NCCC2CCC2)cc(C)n1. The van der Waals surface area contributed by atoms with Crippen molar-refractivity contribution < 1.29 is 4.79 Å². The molecule has 1 aromatic heterocycles. The first kappa shape index (κ1) is 12.9. The molecule has 18 heavy (non-hydrogen) atoms. The average molecular weight is 247 g/mol. The Morgan fingerprint density at radius 3 is 2.83 bits per heavy atom. The highest BCUT2D eigenvalue weighted by atomic mass is 16.1. The minimum atomic E-state index is -0.00340. The molecule has 0 radical (unpaired) electrons. The molecule has 0 saturated heterocycles. The van der Waals surface area contributed by atoms with E-state index in [1.54, 1.807) is 13.1 Å². The number of pyridine rings is 1. The van der Waals surface area contributed by atoms with Crippen LogP contribution in [-0.4, -0.2) is 24.5 Å². The number of aryl methyl sites for hydroxylation is 1. The molecular weight excluding hydrogens is 226 g/mol. The minimum Gasteiger partial charge on any atom is -0.373 e. The van der Waals surface area contributed by atoms with E-state index in [1.165, 1.54) is 19.3 Å². The van der Waals surface area contributed by atoms with Crippen molar-refractivity contribution >= 4 is 11.7 Å². The maximum Gasteiger partial charge on any atom is 0.251 e. The normalized spacial score (nSPS) is 15.0. The Hall–Kier alpha value is -1.58. The van der Waals surface area contributed by atoms with E-state index in [9.17, 15) is 4.79 Å². The van der Waals surface area contributed by atoms with Gasteiger partial charge in [-0.15, -0.1) is 0 Å². The first-order chi connectivity index (χ1) is 8.69. The van der Waals surface area contributed by atoms with E-state index in [1.807, 2.05) is 13.0 Å². The lowest BCUT2D eigenvalue weighted by molar-refractivity contribution is 0.0949. The molecule has 0 unspecified atom stereocenters. The first-order valence-electron chi connectivity index (χ1n) is 6.63. The smallest absolute Gasteiger partial charge is 0.251 e. The molecule has 1 aliphatic rings. The maximum atomic E-state index is 12.0. The zero-order valence-electron chi connectivity index (χ0n) is 11.1. The minimum absolute atomic E-state index is 0.00340. The van der Waals surface area contributed by atoms with E-state index in [2.05, 4.69) is 15.6 Å². The molecule has 0 atom stereocenters. The Morgan fingerprint density at radius 2 is 2.22 bits per heavy atom. The Labute approximate surface area is 108 Å². The number of amides is 1. The third-order valence-electron chi connectivity index (χ3n) is 3.53. The third-order valence-corrected chi connectivity index (χ3v) is 3.53. The van der Waals surface area contributed by atoms with Gasteiger partial charge in [0.25, 0.3) is 5.91 Å². The van der Waals surface area contributed by atoms with Crippen molar-refractivity contribution in [3.63, 3.8) is 0 Å². The van der Waals surface area contributed by atoms with E-state index < -0.39 is 0 Å². The standard InChI is InChI=1S/C14H21N3O/c1-10-8-12(9-13(15-2)17-10)14(18)16-7-6-11-4-3-5-11/h8-9,11H,3-7H2,1-2H3,(H,15,17)(H,16,18). The topological polar surface area (TPSA) is 54.0 Å². The highest BCUT2D eigenvalue weighted by Gasteiger charge is 2.17. The summed E-state index contributed by atoms with van der Waals surface area (Å²) in [6.07, 6.45) is 5.12. The summed E-state index contributed by atoms with van der Waals surface area (Å²) in [4.78, 5) is 16.3. The van der Waals surface area contributed by atoms with Crippen molar-refractivity contribution in [1.29, 1.82) is 0 Å². The van der Waals surface area contributed by atoms with Gasteiger partial charge < -0.3 is 10.6 Å². The summed E-state index contributed by atoms with van der Waals surface area (Å²) in [5.41, 5.74) is 1.53. The van der Waals surface area contributed by atoms with Gasteiger partial charge in [0.2, 0.25) is 0 Å². The van der Waals surface area contributed by atoms with E-state index >= 15 is 0 Å². The van der Waals surface area contributed by atoms with Gasteiger partial charge in [0.15, 0.2) is 0 Å². The number of carbonyl (C=O) groups excluding carboxylic acids is 1. The second-order valence-corrected chi connectivity index (χ2v) is 4.97. The second kappa shape index (κ2) is 5.85. The van der Waals surface area contributed by atoms with Gasteiger partial charge in [-0.05, 0) is 31.4 Å². The van der Waals surface area contributed by atoms with E-state index in [0.717, 1.165) is 30.4 Å². The molecule has 1 saturated carbocycles. The molecule has 4 nitrogen and oxygen atoms in total. The van der Waals surface area contributed by atoms with Gasteiger partial charge in [0.1, 0.15) is 5.82 Å². The molecule has 1 fully saturated rings. The van der Waals surface area contributed by atoms with Crippen molar-refractivity contribution in [3.05, 3.63) is 23.4 Å². The van der Waals surface area contributed by atoms with Crippen molar-refractivity contribution in [1.82, 2.24) is 10.3 Å². The predicted molar refractivity (Wildman–Crippen MR) is 72.8 cm³/mol. The average Bonchev–Trinajstić information content (AvgIpc) is 2.31. The summed E-state index contributed by atoms with van der Waals surface area (Å²) in [7, 11) is 1.81. The fourth-order valence-electron chi connectivity index (χ4n) is 2.20. The van der Waals surface area contributed by atoms with Gasteiger partial charge in [-0.2, -0.15) is 0 Å². The summed E-state index contributed by atoms with van der Waals surface area (Å²) < 4.78 is 0. The monoisotopic (exact) mass is 247 g/mol. The molecule has 1 heterocycles. The molecule has 98 valence electrons. The number of rotatable bonds is 5. The van der Waals surface area contributed by atoms with Crippen LogP contribution < -0.4 is 10.6 Å². The third kappa shape index (κ3) is 3.22. The van der Waals surface area contributed by atoms with E-state index in [-0.39, 0.29) is 5.91 Å². The van der Waals surface area contributed by atoms with Crippen LogP contribution in [0.5, 0.6) is 0 Å². The Bertz CT molecular complexity index is 427. The molecule has 0 aromatic carbocycles. The summed E-state index contributed by atoms with van der Waals surface area (Å²) in [5, 5.41) is 5.95. The lowest BCUT2D eigenvalue weighted by Crippen LogP contribution is -2.27. The number of nitrogens with zero attached hydrogens (tertiary/aromatic N) is 1. The number of nitrogens with one attached hydrogen (secondary N) is 2. The van der Waals surface area contributed by atoms with Crippen molar-refractivity contribution in [2.24, 2.45) is 5.92 Å². The highest BCUT2D eigenvalue weighted by molar-refractivity contribution is 5.94. The van der Waals surface area contributed by atoms with Crippen LogP contribution in [0.3, 0.4) is 0 Å². The van der Waals surface area contributed by atoms with Crippen LogP contribution in [0.4, 0.5) is 5.82 Å². The zero-order valence-corrected chi connectivity index (χ0v) is 11.1. The van der Waals surface area contributed by atoms with Gasteiger partial charge in [-0.3, -0.25) is 4.79 Å². The fraction of sp³-hybridized carbons (Fsp3) is 0.571. The Balaban J connectivity index is 1.88. The quantitative estimate of drug-likeness (QED) is 0.839. The number of hydrogen-bond donors (Lipinski definition) is 2. The maximum absolute atomic E-state index is 12.0. The van der Waals surface area contributed by atoms with Crippen molar-refractivity contribution in [2.45, 2.75) is 32.6 Å². The lowest BCUT2D eigenvalue weighted by Gasteiger charge is -2.25. The van der Waals surface area contributed by atoms with Crippen molar-refractivity contribution in [3.8, 4) is 0 Å². The van der Waals surface area contributed by atoms with Crippen LogP contribution in [0.25, 0.3) is 0 Å². The van der Waals surface area contributed by atoms with Crippen LogP contribution in [0.15, 0.2) is 12.1 Å². The van der Waals surface area contributed by atoms with E-state index in [4.69, 9.17) is 0 Å². The molecular formula is C14H21N3O. The van der Waals surface area contributed by atoms with Crippen LogP contribution >= 0.6 is 0 Å². The van der Waals surface area contributed by atoms with Gasteiger partial charge in [0.05, 0.1) is 0 Å². The molecule has 1 aliphatic carbocycles. The number of anilines is 1. The van der Waals surface area contributed by atoms with Crippen LogP contribution in [0, 0.1) is 12.8 Å². The Kier molecular flexibility index (Phi) is 4.18. The van der Waals surface area contributed by atoms with Crippen LogP contribution in [0.1, 0.15) is 41.7 Å². The second-order valence-electron chi connectivity index (χ2n) is 4.97. The molecule has 2 rings (SSSR count). The number of aromatic nitrogens is 1. The van der Waals surface area contributed by atoms with Crippen LogP contribution in [-0.2, 0) is 0 Å². The zero-order chi connectivity index (χ0) is 13.0. The van der Waals surface area contributed by atoms with Gasteiger partial charge in [0, 0.05) is 24.8 Å². The molecule has 1 aromatic rings. The molecule has 0 aliphatic heterocycles. The summed E-state index contributed by atoms with van der Waals surface area (Å²) in [5.74, 6) is 1.56. The largest absolute Gasteiger partial charge is 0.373 e. The summed E-state index contributed by atoms with van der Waals surface area (Å²) in [6.45, 7) is 2.67. The molecule has 2 N–H and O–H groups in total. The van der Waals surface area contributed by atoms with Crippen LogP contribution in [0.2, 0.25) is 0 Å². The number of carbonyl (C=O) groups is 1. The Morgan fingerprint density at radius 1 is 1.44 bits per heavy atom. The number of hydrogen-bond acceptors (Lipinski definition) is 3. The predicted octanol–water partition coefficient (Wildman–Crippen LogP) is 2.35. The van der Waals surface area contributed by atoms with E-state index in [0.29, 0.717) is 5.56 Å². The van der Waals surface area contributed by atoms with Gasteiger partial charge in [-0.1, -0.05) is 19.3 Å². The van der Waals surface area contributed by atoms with Gasteiger partial charge in [-0.25, -0.2) is 4.98 Å².